The maximum absolute atomic E-state index is 11.5. The number of hydrogen-bond donors (Lipinski definition) is 0. The van der Waals surface area contributed by atoms with Gasteiger partial charge in [0.15, 0.2) is 0 Å². The zero-order valence-electron chi connectivity index (χ0n) is 14.0. The SMILES string of the molecule is CC(=O)OCC[C@@H]1[C@H](C=O)CCC2C(C)(C)CCC[C@@]21C. The molecule has 2 fully saturated rings. The Morgan fingerprint density at radius 3 is 2.57 bits per heavy atom. The molecule has 21 heavy (non-hydrogen) atoms. The Bertz CT molecular complexity index is 401. The van der Waals surface area contributed by atoms with Gasteiger partial charge in [-0.25, -0.2) is 0 Å². The molecule has 2 aliphatic rings. The maximum Gasteiger partial charge on any atom is 0.302 e. The van der Waals surface area contributed by atoms with Gasteiger partial charge in [0.1, 0.15) is 6.29 Å². The molecular formula is C18H30O3. The number of fused-ring (bicyclic) bond motifs is 1. The van der Waals surface area contributed by atoms with Gasteiger partial charge in [-0.3, -0.25) is 4.79 Å². The van der Waals surface area contributed by atoms with Crippen molar-refractivity contribution in [3.63, 3.8) is 0 Å². The van der Waals surface area contributed by atoms with E-state index in [1.807, 2.05) is 0 Å². The topological polar surface area (TPSA) is 43.4 Å². The lowest BCUT2D eigenvalue weighted by molar-refractivity contribution is -0.145. The van der Waals surface area contributed by atoms with Crippen LogP contribution in [0.4, 0.5) is 0 Å². The second kappa shape index (κ2) is 6.10. The summed E-state index contributed by atoms with van der Waals surface area (Å²) in [7, 11) is 0. The van der Waals surface area contributed by atoms with Crippen LogP contribution in [-0.4, -0.2) is 18.9 Å². The standard InChI is InChI=1S/C18H30O3/c1-13(20)21-11-8-15-14(12-19)6-7-16-17(2,3)9-5-10-18(15,16)4/h12,14-16H,5-11H2,1-4H3/t14-,15+,16?,18+/m0/s1. The lowest BCUT2D eigenvalue weighted by Gasteiger charge is -2.58. The molecule has 2 rings (SSSR count). The number of carbonyl (C=O) groups excluding carboxylic acids is 2. The lowest BCUT2D eigenvalue weighted by atomic mass is 9.46. The Hall–Kier alpha value is -0.860. The lowest BCUT2D eigenvalue weighted by Crippen LogP contribution is -2.52. The fraction of sp³-hybridized carbons (Fsp3) is 0.889. The molecule has 0 bridgehead atoms. The van der Waals surface area contributed by atoms with Gasteiger partial charge in [0.05, 0.1) is 6.61 Å². The summed E-state index contributed by atoms with van der Waals surface area (Å²) < 4.78 is 5.16. The van der Waals surface area contributed by atoms with Crippen LogP contribution in [0, 0.1) is 28.6 Å². The molecular weight excluding hydrogens is 264 g/mol. The highest BCUT2D eigenvalue weighted by molar-refractivity contribution is 5.65. The molecule has 0 radical (unpaired) electrons. The second-order valence-electron chi connectivity index (χ2n) is 8.01. The summed E-state index contributed by atoms with van der Waals surface area (Å²) in [6.45, 7) is 9.06. The molecule has 0 aromatic rings. The van der Waals surface area contributed by atoms with Crippen LogP contribution in [0.15, 0.2) is 0 Å². The minimum atomic E-state index is -0.223. The quantitative estimate of drug-likeness (QED) is 0.581. The van der Waals surface area contributed by atoms with E-state index in [0.717, 1.165) is 25.5 Å². The zero-order chi connectivity index (χ0) is 15.7. The second-order valence-corrected chi connectivity index (χ2v) is 8.01. The van der Waals surface area contributed by atoms with Crippen LogP contribution in [0.25, 0.3) is 0 Å². The average Bonchev–Trinajstić information content (AvgIpc) is 2.38. The number of ether oxygens (including phenoxy) is 1. The van der Waals surface area contributed by atoms with Crippen molar-refractivity contribution < 1.29 is 14.3 Å². The molecule has 0 spiro atoms. The molecule has 2 aliphatic carbocycles. The Morgan fingerprint density at radius 2 is 1.95 bits per heavy atom. The molecule has 120 valence electrons. The fourth-order valence-electron chi connectivity index (χ4n) is 5.42. The van der Waals surface area contributed by atoms with Crippen molar-refractivity contribution in [2.45, 2.75) is 66.2 Å². The number of hydrogen-bond acceptors (Lipinski definition) is 3. The van der Waals surface area contributed by atoms with Crippen LogP contribution in [0.2, 0.25) is 0 Å². The van der Waals surface area contributed by atoms with Gasteiger partial charge in [-0.2, -0.15) is 0 Å². The van der Waals surface area contributed by atoms with Crippen molar-refractivity contribution in [2.75, 3.05) is 6.61 Å². The molecule has 0 aromatic carbocycles. The molecule has 3 nitrogen and oxygen atoms in total. The predicted octanol–water partition coefficient (Wildman–Crippen LogP) is 4.00. The third-order valence-electron chi connectivity index (χ3n) is 6.34. The first kappa shape index (κ1) is 16.5. The molecule has 1 unspecified atom stereocenters. The first-order chi connectivity index (χ1) is 9.81. The van der Waals surface area contributed by atoms with Gasteiger partial charge >= 0.3 is 5.97 Å². The van der Waals surface area contributed by atoms with E-state index >= 15 is 0 Å². The van der Waals surface area contributed by atoms with Crippen molar-refractivity contribution in [1.29, 1.82) is 0 Å². The van der Waals surface area contributed by atoms with E-state index in [9.17, 15) is 9.59 Å². The molecule has 2 saturated carbocycles. The number of rotatable bonds is 4. The van der Waals surface area contributed by atoms with E-state index in [-0.39, 0.29) is 17.3 Å². The largest absolute Gasteiger partial charge is 0.466 e. The van der Waals surface area contributed by atoms with Gasteiger partial charge in [-0.1, -0.05) is 27.2 Å². The highest BCUT2D eigenvalue weighted by Crippen LogP contribution is 2.61. The van der Waals surface area contributed by atoms with E-state index < -0.39 is 0 Å². The normalized spacial score (nSPS) is 38.4. The summed E-state index contributed by atoms with van der Waals surface area (Å²) in [6.07, 6.45) is 7.88. The van der Waals surface area contributed by atoms with Crippen LogP contribution >= 0.6 is 0 Å². The van der Waals surface area contributed by atoms with E-state index in [0.29, 0.717) is 23.9 Å². The zero-order valence-corrected chi connectivity index (χ0v) is 14.0. The van der Waals surface area contributed by atoms with Gasteiger partial charge < -0.3 is 9.53 Å². The molecule has 0 heterocycles. The molecule has 0 amide bonds. The van der Waals surface area contributed by atoms with Crippen LogP contribution in [0.1, 0.15) is 66.2 Å². The third-order valence-corrected chi connectivity index (χ3v) is 6.34. The molecule has 0 aromatic heterocycles. The molecule has 3 heteroatoms. The van der Waals surface area contributed by atoms with Crippen LogP contribution in [0.5, 0.6) is 0 Å². The number of carbonyl (C=O) groups is 2. The minimum Gasteiger partial charge on any atom is -0.466 e. The Balaban J connectivity index is 2.19. The Morgan fingerprint density at radius 1 is 1.24 bits per heavy atom. The Labute approximate surface area is 128 Å². The highest BCUT2D eigenvalue weighted by Gasteiger charge is 2.54. The van der Waals surface area contributed by atoms with Gasteiger partial charge in [0.2, 0.25) is 0 Å². The third kappa shape index (κ3) is 3.17. The molecule has 0 N–H and O–H groups in total. The summed E-state index contributed by atoms with van der Waals surface area (Å²) in [4.78, 5) is 22.5. The fourth-order valence-corrected chi connectivity index (χ4v) is 5.42. The minimum absolute atomic E-state index is 0.135. The van der Waals surface area contributed by atoms with Crippen LogP contribution < -0.4 is 0 Å². The first-order valence-corrected chi connectivity index (χ1v) is 8.40. The summed E-state index contributed by atoms with van der Waals surface area (Å²) in [5.41, 5.74) is 0.576. The van der Waals surface area contributed by atoms with Crippen molar-refractivity contribution in [3.05, 3.63) is 0 Å². The van der Waals surface area contributed by atoms with Crippen molar-refractivity contribution in [3.8, 4) is 0 Å². The highest BCUT2D eigenvalue weighted by atomic mass is 16.5. The van der Waals surface area contributed by atoms with Crippen molar-refractivity contribution in [2.24, 2.45) is 28.6 Å². The molecule has 0 aliphatic heterocycles. The summed E-state index contributed by atoms with van der Waals surface area (Å²) in [6, 6.07) is 0. The smallest absolute Gasteiger partial charge is 0.302 e. The maximum atomic E-state index is 11.5. The Kier molecular flexibility index (Phi) is 4.79. The van der Waals surface area contributed by atoms with Gasteiger partial charge in [0, 0.05) is 12.8 Å². The van der Waals surface area contributed by atoms with Crippen LogP contribution in [0.3, 0.4) is 0 Å². The summed E-state index contributed by atoms with van der Waals surface area (Å²) in [5, 5.41) is 0. The van der Waals surface area contributed by atoms with Gasteiger partial charge in [-0.05, 0) is 54.8 Å². The van der Waals surface area contributed by atoms with E-state index in [4.69, 9.17) is 4.74 Å². The summed E-state index contributed by atoms with van der Waals surface area (Å²) in [5.74, 6) is 0.944. The van der Waals surface area contributed by atoms with Gasteiger partial charge in [-0.15, -0.1) is 0 Å². The summed E-state index contributed by atoms with van der Waals surface area (Å²) >= 11 is 0. The van der Waals surface area contributed by atoms with E-state index in [2.05, 4.69) is 20.8 Å². The molecule has 0 saturated heterocycles. The van der Waals surface area contributed by atoms with E-state index in [1.54, 1.807) is 0 Å². The van der Waals surface area contributed by atoms with Crippen LogP contribution in [-0.2, 0) is 14.3 Å². The first-order valence-electron chi connectivity index (χ1n) is 8.40. The van der Waals surface area contributed by atoms with E-state index in [1.165, 1.54) is 26.2 Å². The monoisotopic (exact) mass is 294 g/mol. The average molecular weight is 294 g/mol. The number of aldehydes is 1. The van der Waals surface area contributed by atoms with Gasteiger partial charge in [0.25, 0.3) is 0 Å². The molecule has 4 atom stereocenters. The van der Waals surface area contributed by atoms with Crippen molar-refractivity contribution >= 4 is 12.3 Å². The number of esters is 1. The van der Waals surface area contributed by atoms with Crippen molar-refractivity contribution in [1.82, 2.24) is 0 Å². The predicted molar refractivity (Wildman–Crippen MR) is 82.8 cm³/mol.